The molecule has 2 rings (SSSR count). The lowest BCUT2D eigenvalue weighted by Gasteiger charge is -1.87. The molecule has 0 bridgehead atoms. The van der Waals surface area contributed by atoms with Crippen LogP contribution in [-0.2, 0) is 13.1 Å². The third-order valence-electron chi connectivity index (χ3n) is 1.55. The topological polar surface area (TPSA) is 78.3 Å². The van der Waals surface area contributed by atoms with Crippen molar-refractivity contribution < 1.29 is 8.83 Å². The maximum atomic E-state index is 5.28. The molecule has 2 aromatic rings. The monoisotopic (exact) mass is 194 g/mol. The highest BCUT2D eigenvalue weighted by Crippen LogP contribution is 2.04. The van der Waals surface area contributed by atoms with E-state index >= 15 is 0 Å². The predicted octanol–water partition coefficient (Wildman–Crippen LogP) is 1.48. The van der Waals surface area contributed by atoms with Crippen LogP contribution in [0.1, 0.15) is 11.5 Å². The molecule has 2 aromatic heterocycles. The van der Waals surface area contributed by atoms with Gasteiger partial charge in [0.05, 0.1) is 25.6 Å². The van der Waals surface area contributed by atoms with Gasteiger partial charge < -0.3 is 20.3 Å². The minimum absolute atomic E-state index is 0.444. The first-order valence-electron chi connectivity index (χ1n) is 4.31. The zero-order valence-corrected chi connectivity index (χ0v) is 7.85. The molecule has 0 radical (unpaired) electrons. The zero-order chi connectivity index (χ0) is 10.2. The number of furan rings is 2. The molecular formula is C10H14N2O2. The van der Waals surface area contributed by atoms with Crippen LogP contribution in [0.2, 0.25) is 0 Å². The fraction of sp³-hybridized carbons (Fsp3) is 0.200. The van der Waals surface area contributed by atoms with E-state index in [1.54, 1.807) is 12.5 Å². The SMILES string of the molecule is NCc1ccc(CN)o1.c1ccoc1. The molecule has 2 heterocycles. The maximum absolute atomic E-state index is 5.28. The van der Waals surface area contributed by atoms with Crippen molar-refractivity contribution in [2.45, 2.75) is 13.1 Å². The summed E-state index contributed by atoms with van der Waals surface area (Å²) in [4.78, 5) is 0. The average molecular weight is 194 g/mol. The fourth-order valence-electron chi connectivity index (χ4n) is 0.869. The second-order valence-corrected chi connectivity index (χ2v) is 2.57. The molecule has 0 amide bonds. The molecular weight excluding hydrogens is 180 g/mol. The first kappa shape index (κ1) is 10.6. The molecule has 0 aliphatic rings. The van der Waals surface area contributed by atoms with Crippen molar-refractivity contribution in [3.8, 4) is 0 Å². The van der Waals surface area contributed by atoms with E-state index in [2.05, 4.69) is 4.42 Å². The normalized spacial score (nSPS) is 9.29. The number of rotatable bonds is 2. The van der Waals surface area contributed by atoms with Gasteiger partial charge in [-0.2, -0.15) is 0 Å². The van der Waals surface area contributed by atoms with Gasteiger partial charge in [-0.15, -0.1) is 0 Å². The second kappa shape index (κ2) is 6.01. The summed E-state index contributed by atoms with van der Waals surface area (Å²) >= 11 is 0. The molecule has 0 spiro atoms. The van der Waals surface area contributed by atoms with Gasteiger partial charge in [-0.3, -0.25) is 0 Å². The Kier molecular flexibility index (Phi) is 4.54. The second-order valence-electron chi connectivity index (χ2n) is 2.57. The number of hydrogen-bond donors (Lipinski definition) is 2. The molecule has 0 aliphatic heterocycles. The van der Waals surface area contributed by atoms with Crippen molar-refractivity contribution in [3.63, 3.8) is 0 Å². The lowest BCUT2D eigenvalue weighted by molar-refractivity contribution is 0.468. The highest BCUT2D eigenvalue weighted by Gasteiger charge is 1.95. The third kappa shape index (κ3) is 3.47. The first-order chi connectivity index (χ1) is 6.86. The largest absolute Gasteiger partial charge is 0.473 e. The molecule has 76 valence electrons. The molecule has 0 saturated heterocycles. The van der Waals surface area contributed by atoms with Crippen molar-refractivity contribution in [1.82, 2.24) is 0 Å². The van der Waals surface area contributed by atoms with Crippen LogP contribution < -0.4 is 11.5 Å². The molecule has 4 N–H and O–H groups in total. The predicted molar refractivity (Wildman–Crippen MR) is 53.2 cm³/mol. The molecule has 0 aromatic carbocycles. The summed E-state index contributed by atoms with van der Waals surface area (Å²) in [5, 5.41) is 0. The van der Waals surface area contributed by atoms with Crippen LogP contribution in [0.25, 0.3) is 0 Å². The van der Waals surface area contributed by atoms with Crippen molar-refractivity contribution >= 4 is 0 Å². The van der Waals surface area contributed by atoms with Crippen LogP contribution in [0.5, 0.6) is 0 Å². The Morgan fingerprint density at radius 2 is 1.43 bits per heavy atom. The van der Waals surface area contributed by atoms with E-state index in [0.29, 0.717) is 13.1 Å². The Labute approximate surface area is 82.5 Å². The van der Waals surface area contributed by atoms with Gasteiger partial charge in [0.15, 0.2) is 0 Å². The molecule has 0 fully saturated rings. The van der Waals surface area contributed by atoms with E-state index in [0.717, 1.165) is 11.5 Å². The van der Waals surface area contributed by atoms with E-state index in [9.17, 15) is 0 Å². The summed E-state index contributed by atoms with van der Waals surface area (Å²) < 4.78 is 9.72. The number of nitrogens with two attached hydrogens (primary N) is 2. The van der Waals surface area contributed by atoms with Crippen molar-refractivity contribution in [2.75, 3.05) is 0 Å². The molecule has 4 nitrogen and oxygen atoms in total. The first-order valence-corrected chi connectivity index (χ1v) is 4.31. The average Bonchev–Trinajstić information content (AvgIpc) is 2.92. The van der Waals surface area contributed by atoms with Crippen LogP contribution >= 0.6 is 0 Å². The van der Waals surface area contributed by atoms with Gasteiger partial charge in [0.25, 0.3) is 0 Å². The summed E-state index contributed by atoms with van der Waals surface area (Å²) in [6.45, 7) is 0.889. The van der Waals surface area contributed by atoms with Crippen LogP contribution in [0.15, 0.2) is 45.6 Å². The van der Waals surface area contributed by atoms with E-state index in [1.165, 1.54) is 0 Å². The molecule has 4 heteroatoms. The standard InChI is InChI=1S/C6H10N2O.C4H4O/c7-3-5-1-2-6(4-8)9-5;1-2-4-5-3-1/h1-2H,3-4,7-8H2;1-4H. The van der Waals surface area contributed by atoms with Gasteiger partial charge in [0.2, 0.25) is 0 Å². The highest BCUT2D eigenvalue weighted by molar-refractivity contribution is 5.06. The fourth-order valence-corrected chi connectivity index (χ4v) is 0.869. The lowest BCUT2D eigenvalue weighted by Crippen LogP contribution is -1.95. The third-order valence-corrected chi connectivity index (χ3v) is 1.55. The van der Waals surface area contributed by atoms with Crippen LogP contribution in [-0.4, -0.2) is 0 Å². The van der Waals surface area contributed by atoms with Gasteiger partial charge in [-0.1, -0.05) is 0 Å². The summed E-state index contributed by atoms with van der Waals surface area (Å²) in [5.74, 6) is 1.57. The highest BCUT2D eigenvalue weighted by atomic mass is 16.3. The van der Waals surface area contributed by atoms with Crippen molar-refractivity contribution in [2.24, 2.45) is 11.5 Å². The van der Waals surface area contributed by atoms with Crippen LogP contribution in [0.4, 0.5) is 0 Å². The molecule has 0 saturated carbocycles. The van der Waals surface area contributed by atoms with Gasteiger partial charge in [0, 0.05) is 0 Å². The van der Waals surface area contributed by atoms with E-state index in [4.69, 9.17) is 15.9 Å². The summed E-state index contributed by atoms with van der Waals surface area (Å²) in [5.41, 5.74) is 10.6. The Morgan fingerprint density at radius 1 is 0.929 bits per heavy atom. The van der Waals surface area contributed by atoms with Gasteiger partial charge in [-0.05, 0) is 24.3 Å². The van der Waals surface area contributed by atoms with E-state index in [-0.39, 0.29) is 0 Å². The van der Waals surface area contributed by atoms with Gasteiger partial charge in [-0.25, -0.2) is 0 Å². The van der Waals surface area contributed by atoms with E-state index < -0.39 is 0 Å². The number of hydrogen-bond acceptors (Lipinski definition) is 4. The molecule has 0 aliphatic carbocycles. The Bertz CT molecular complexity index is 292. The zero-order valence-electron chi connectivity index (χ0n) is 7.85. The minimum Gasteiger partial charge on any atom is -0.473 e. The Balaban J connectivity index is 0.000000165. The Morgan fingerprint density at radius 3 is 1.64 bits per heavy atom. The summed E-state index contributed by atoms with van der Waals surface area (Å²) in [7, 11) is 0. The van der Waals surface area contributed by atoms with Crippen LogP contribution in [0.3, 0.4) is 0 Å². The molecule has 0 unspecified atom stereocenters. The molecule has 14 heavy (non-hydrogen) atoms. The minimum atomic E-state index is 0.444. The van der Waals surface area contributed by atoms with Crippen molar-refractivity contribution in [1.29, 1.82) is 0 Å². The van der Waals surface area contributed by atoms with E-state index in [1.807, 2.05) is 24.3 Å². The lowest BCUT2D eigenvalue weighted by atomic mass is 10.4. The maximum Gasteiger partial charge on any atom is 0.117 e. The van der Waals surface area contributed by atoms with Crippen molar-refractivity contribution in [3.05, 3.63) is 48.3 Å². The van der Waals surface area contributed by atoms with Gasteiger partial charge >= 0.3 is 0 Å². The molecule has 0 atom stereocenters. The van der Waals surface area contributed by atoms with Crippen LogP contribution in [0, 0.1) is 0 Å². The van der Waals surface area contributed by atoms with Gasteiger partial charge in [0.1, 0.15) is 11.5 Å². The smallest absolute Gasteiger partial charge is 0.117 e. The Hall–Kier alpha value is -1.52. The summed E-state index contributed by atoms with van der Waals surface area (Å²) in [6.07, 6.45) is 3.25. The summed E-state index contributed by atoms with van der Waals surface area (Å²) in [6, 6.07) is 7.34. The quantitative estimate of drug-likeness (QED) is 0.758.